The average molecular weight is 422 g/mol. The van der Waals surface area contributed by atoms with E-state index in [2.05, 4.69) is 32.2 Å². The molecule has 5 rings (SSSR count). The number of rotatable bonds is 5. The van der Waals surface area contributed by atoms with Gasteiger partial charge in [0.2, 0.25) is 11.8 Å². The number of piperidine rings is 2. The van der Waals surface area contributed by atoms with Gasteiger partial charge in [-0.15, -0.1) is 0 Å². The number of nitrogens with one attached hydrogen (secondary N) is 4. The molecule has 3 aliphatic rings. The van der Waals surface area contributed by atoms with E-state index in [1.807, 2.05) is 18.2 Å². The molecule has 31 heavy (non-hydrogen) atoms. The predicted molar refractivity (Wildman–Crippen MR) is 113 cm³/mol. The van der Waals surface area contributed by atoms with Gasteiger partial charge in [0.25, 0.3) is 5.91 Å². The van der Waals surface area contributed by atoms with Gasteiger partial charge in [-0.1, -0.05) is 12.1 Å². The molecule has 1 aromatic carbocycles. The van der Waals surface area contributed by atoms with Crippen LogP contribution in [0.2, 0.25) is 0 Å². The van der Waals surface area contributed by atoms with Crippen molar-refractivity contribution in [2.75, 3.05) is 18.4 Å². The fourth-order valence-corrected chi connectivity index (χ4v) is 4.70. The molecule has 0 bridgehead atoms. The minimum absolute atomic E-state index is 0.150. The highest BCUT2D eigenvalue weighted by atomic mass is 16.2. The van der Waals surface area contributed by atoms with Crippen LogP contribution in [0.15, 0.2) is 24.3 Å². The first-order chi connectivity index (χ1) is 15.1. The van der Waals surface area contributed by atoms with Gasteiger partial charge in [-0.05, 0) is 49.5 Å². The molecule has 3 aliphatic heterocycles. The maximum atomic E-state index is 12.8. The van der Waals surface area contributed by atoms with Crippen molar-refractivity contribution < 1.29 is 14.4 Å². The van der Waals surface area contributed by atoms with Gasteiger partial charge in [-0.2, -0.15) is 5.10 Å². The second-order valence-electron chi connectivity index (χ2n) is 8.48. The first-order valence-electron chi connectivity index (χ1n) is 10.8. The zero-order valence-electron chi connectivity index (χ0n) is 17.2. The van der Waals surface area contributed by atoms with E-state index in [0.29, 0.717) is 31.0 Å². The minimum atomic E-state index is -0.586. The molecule has 2 fully saturated rings. The number of nitrogens with zero attached hydrogens (tertiary/aromatic N) is 2. The molecular weight excluding hydrogens is 396 g/mol. The minimum Gasteiger partial charge on any atom is -0.365 e. The van der Waals surface area contributed by atoms with Crippen molar-refractivity contribution in [1.29, 1.82) is 0 Å². The van der Waals surface area contributed by atoms with Gasteiger partial charge >= 0.3 is 0 Å². The number of anilines is 1. The summed E-state index contributed by atoms with van der Waals surface area (Å²) in [6, 6.07) is 7.25. The summed E-state index contributed by atoms with van der Waals surface area (Å²) in [5.41, 5.74) is 3.75. The van der Waals surface area contributed by atoms with Crippen LogP contribution in [0.1, 0.15) is 58.8 Å². The third kappa shape index (κ3) is 3.93. The van der Waals surface area contributed by atoms with Gasteiger partial charge in [0.1, 0.15) is 11.9 Å². The molecule has 1 atom stereocenters. The molecule has 162 valence electrons. The van der Waals surface area contributed by atoms with Crippen molar-refractivity contribution >= 4 is 23.5 Å². The first kappa shape index (κ1) is 19.7. The van der Waals surface area contributed by atoms with E-state index in [-0.39, 0.29) is 24.1 Å². The Hall–Kier alpha value is -3.20. The Labute approximate surface area is 180 Å². The van der Waals surface area contributed by atoms with Crippen LogP contribution in [0.25, 0.3) is 0 Å². The summed E-state index contributed by atoms with van der Waals surface area (Å²) < 4.78 is 0. The van der Waals surface area contributed by atoms with E-state index in [9.17, 15) is 14.4 Å². The zero-order valence-corrected chi connectivity index (χ0v) is 17.2. The number of carbonyl (C=O) groups excluding carboxylic acids is 3. The van der Waals surface area contributed by atoms with Crippen LogP contribution in [-0.2, 0) is 22.7 Å². The number of imide groups is 1. The number of aromatic amines is 1. The Bertz CT molecular complexity index is 1030. The van der Waals surface area contributed by atoms with Crippen LogP contribution in [0.3, 0.4) is 0 Å². The summed E-state index contributed by atoms with van der Waals surface area (Å²) in [6.45, 7) is 3.05. The molecule has 2 aromatic rings. The molecule has 0 radical (unpaired) electrons. The van der Waals surface area contributed by atoms with Gasteiger partial charge in [0, 0.05) is 42.8 Å². The number of carbonyl (C=O) groups is 3. The van der Waals surface area contributed by atoms with Gasteiger partial charge in [-0.25, -0.2) is 0 Å². The molecular formula is C22H26N6O3. The normalized spacial score (nSPS) is 21.9. The highest BCUT2D eigenvalue weighted by molar-refractivity contribution is 6.05. The fraction of sp³-hybridized carbons (Fsp3) is 0.455. The van der Waals surface area contributed by atoms with Crippen LogP contribution in [-0.4, -0.2) is 52.0 Å². The summed E-state index contributed by atoms with van der Waals surface area (Å²) >= 11 is 0. The standard InChI is InChI=1S/C22H26N6O3/c29-20-4-3-18(21(30)25-20)28-12-15-9-13(1-2-16(15)22(28)31)11-24-19-10-17(26-27-19)14-5-7-23-8-6-14/h1-2,9-10,14,18,23H,3-8,11-12H2,(H2,24,26,27)(H,25,29,30). The monoisotopic (exact) mass is 422 g/mol. The van der Waals surface area contributed by atoms with Crippen LogP contribution < -0.4 is 16.0 Å². The summed E-state index contributed by atoms with van der Waals surface area (Å²) in [5, 5.41) is 16.6. The number of benzene rings is 1. The van der Waals surface area contributed by atoms with E-state index >= 15 is 0 Å². The maximum Gasteiger partial charge on any atom is 0.255 e. The Balaban J connectivity index is 1.23. The van der Waals surface area contributed by atoms with Crippen molar-refractivity contribution in [2.24, 2.45) is 0 Å². The molecule has 0 spiro atoms. The van der Waals surface area contributed by atoms with Crippen molar-refractivity contribution in [3.8, 4) is 0 Å². The second kappa shape index (κ2) is 8.14. The van der Waals surface area contributed by atoms with Crippen molar-refractivity contribution in [3.05, 3.63) is 46.6 Å². The Morgan fingerprint density at radius 3 is 2.74 bits per heavy atom. The molecule has 2 saturated heterocycles. The number of fused-ring (bicyclic) bond motifs is 1. The molecule has 4 N–H and O–H groups in total. The molecule has 9 heteroatoms. The van der Waals surface area contributed by atoms with E-state index in [4.69, 9.17) is 0 Å². The highest BCUT2D eigenvalue weighted by Gasteiger charge is 2.39. The summed E-state index contributed by atoms with van der Waals surface area (Å²) in [4.78, 5) is 38.0. The second-order valence-corrected chi connectivity index (χ2v) is 8.48. The average Bonchev–Trinajstić information content (AvgIpc) is 3.38. The third-order valence-corrected chi connectivity index (χ3v) is 6.44. The zero-order chi connectivity index (χ0) is 21.4. The largest absolute Gasteiger partial charge is 0.365 e. The molecule has 1 unspecified atom stereocenters. The lowest BCUT2D eigenvalue weighted by atomic mass is 9.95. The summed E-state index contributed by atoms with van der Waals surface area (Å²) in [6.07, 6.45) is 2.86. The van der Waals surface area contributed by atoms with Gasteiger partial charge < -0.3 is 15.5 Å². The molecule has 3 amide bonds. The molecule has 0 saturated carbocycles. The summed E-state index contributed by atoms with van der Waals surface area (Å²) in [7, 11) is 0. The molecule has 9 nitrogen and oxygen atoms in total. The number of hydrogen-bond acceptors (Lipinski definition) is 6. The van der Waals surface area contributed by atoms with Crippen LogP contribution >= 0.6 is 0 Å². The number of hydrogen-bond donors (Lipinski definition) is 4. The Morgan fingerprint density at radius 2 is 1.94 bits per heavy atom. The number of H-pyrrole nitrogens is 1. The number of amides is 3. The van der Waals surface area contributed by atoms with Gasteiger partial charge in [-0.3, -0.25) is 24.8 Å². The lowest BCUT2D eigenvalue weighted by molar-refractivity contribution is -0.136. The van der Waals surface area contributed by atoms with Gasteiger partial charge in [0.15, 0.2) is 0 Å². The van der Waals surface area contributed by atoms with E-state index in [0.717, 1.165) is 42.9 Å². The topological polar surface area (TPSA) is 119 Å². The van der Waals surface area contributed by atoms with Crippen LogP contribution in [0.4, 0.5) is 5.82 Å². The first-order valence-corrected chi connectivity index (χ1v) is 10.8. The van der Waals surface area contributed by atoms with Crippen LogP contribution in [0.5, 0.6) is 0 Å². The molecule has 1 aromatic heterocycles. The lowest BCUT2D eigenvalue weighted by Crippen LogP contribution is -2.52. The van der Waals surface area contributed by atoms with Crippen molar-refractivity contribution in [3.63, 3.8) is 0 Å². The van der Waals surface area contributed by atoms with E-state index in [1.165, 1.54) is 5.69 Å². The van der Waals surface area contributed by atoms with Crippen molar-refractivity contribution in [1.82, 2.24) is 25.7 Å². The molecule has 4 heterocycles. The third-order valence-electron chi connectivity index (χ3n) is 6.44. The Kier molecular flexibility index (Phi) is 5.19. The lowest BCUT2D eigenvalue weighted by Gasteiger charge is -2.29. The summed E-state index contributed by atoms with van der Waals surface area (Å²) in [5.74, 6) is 0.523. The maximum absolute atomic E-state index is 12.8. The number of aromatic nitrogens is 2. The van der Waals surface area contributed by atoms with Crippen molar-refractivity contribution in [2.45, 2.75) is 50.7 Å². The quantitative estimate of drug-likeness (QED) is 0.539. The van der Waals surface area contributed by atoms with Gasteiger partial charge in [0.05, 0.1) is 0 Å². The SMILES string of the molecule is O=C1CCC(N2Cc3cc(CNc4cc(C5CCNCC5)[nH]n4)ccc3C2=O)C(=O)N1. The Morgan fingerprint density at radius 1 is 1.10 bits per heavy atom. The van der Waals surface area contributed by atoms with E-state index < -0.39 is 6.04 Å². The van der Waals surface area contributed by atoms with Crippen LogP contribution in [0, 0.1) is 0 Å². The highest BCUT2D eigenvalue weighted by Crippen LogP contribution is 2.29. The van der Waals surface area contributed by atoms with E-state index in [1.54, 1.807) is 4.90 Å². The smallest absolute Gasteiger partial charge is 0.255 e. The molecule has 0 aliphatic carbocycles. The predicted octanol–water partition coefficient (Wildman–Crippen LogP) is 1.25. The fourth-order valence-electron chi connectivity index (χ4n) is 4.70.